The van der Waals surface area contributed by atoms with Gasteiger partial charge in [0.05, 0.1) is 12.1 Å². The van der Waals surface area contributed by atoms with Gasteiger partial charge in [0, 0.05) is 19.6 Å². The molecular weight excluding hydrogens is 467 g/mol. The number of hydrogen-bond donors (Lipinski definition) is 1. The van der Waals surface area contributed by atoms with Crippen LogP contribution < -0.4 is 5.32 Å². The maximum atomic E-state index is 13.2. The molecule has 36 heavy (non-hydrogen) atoms. The van der Waals surface area contributed by atoms with Crippen LogP contribution in [-0.4, -0.2) is 15.8 Å². The number of benzene rings is 3. The van der Waals surface area contributed by atoms with Gasteiger partial charge < -0.3 is 9.73 Å². The Hall–Kier alpha value is -3.91. The maximum absolute atomic E-state index is 13.2. The predicted molar refractivity (Wildman–Crippen MR) is 130 cm³/mol. The molecule has 0 fully saturated rings. The van der Waals surface area contributed by atoms with Crippen molar-refractivity contribution >= 4 is 5.91 Å². The van der Waals surface area contributed by atoms with Gasteiger partial charge in [0.1, 0.15) is 6.26 Å². The van der Waals surface area contributed by atoms with Gasteiger partial charge in [-0.1, -0.05) is 78.4 Å². The van der Waals surface area contributed by atoms with Crippen molar-refractivity contribution in [1.29, 1.82) is 0 Å². The van der Waals surface area contributed by atoms with Crippen LogP contribution in [0.4, 0.5) is 13.2 Å². The van der Waals surface area contributed by atoms with E-state index < -0.39 is 11.7 Å². The molecule has 8 heteroatoms. The van der Waals surface area contributed by atoms with Gasteiger partial charge in [-0.25, -0.2) is 4.98 Å². The van der Waals surface area contributed by atoms with Crippen molar-refractivity contribution < 1.29 is 22.4 Å². The van der Waals surface area contributed by atoms with Crippen LogP contribution in [0.5, 0.6) is 0 Å². The summed E-state index contributed by atoms with van der Waals surface area (Å²) in [6.07, 6.45) is -3.12. The third kappa shape index (κ3) is 7.05. The second-order valence-electron chi connectivity index (χ2n) is 8.62. The quantitative estimate of drug-likeness (QED) is 0.305. The molecule has 1 N–H and O–H groups in total. The fourth-order valence-electron chi connectivity index (χ4n) is 3.77. The number of nitrogens with one attached hydrogen (secondary N) is 1. The molecule has 5 nitrogen and oxygen atoms in total. The van der Waals surface area contributed by atoms with Crippen LogP contribution in [0.2, 0.25) is 0 Å². The number of hydrogen-bond acceptors (Lipinski definition) is 4. The summed E-state index contributed by atoms with van der Waals surface area (Å²) in [4.78, 5) is 18.8. The number of aromatic nitrogens is 1. The Bertz CT molecular complexity index is 1290. The van der Waals surface area contributed by atoms with E-state index in [1.165, 1.54) is 12.3 Å². The van der Waals surface area contributed by atoms with Crippen molar-refractivity contribution in [2.24, 2.45) is 0 Å². The molecule has 0 saturated heterocycles. The van der Waals surface area contributed by atoms with Crippen molar-refractivity contribution in [1.82, 2.24) is 15.2 Å². The first-order chi connectivity index (χ1) is 17.3. The third-order valence-corrected chi connectivity index (χ3v) is 5.63. The van der Waals surface area contributed by atoms with Crippen LogP contribution in [0, 0.1) is 6.92 Å². The number of halogens is 3. The first-order valence-electron chi connectivity index (χ1n) is 11.5. The molecule has 3 aromatic carbocycles. The molecule has 0 aliphatic carbocycles. The number of carbonyl (C=O) groups excluding carboxylic acids is 1. The summed E-state index contributed by atoms with van der Waals surface area (Å²) in [5, 5.41) is 2.81. The molecule has 0 aliphatic rings. The standard InChI is InChI=1S/C28H26F3N3O2/c1-20-10-12-22(13-11-20)16-34(17-23-8-5-9-24(14-23)28(29,30)31)18-26-33-25(19-36-26)27(35)32-15-21-6-3-2-4-7-21/h2-14,19H,15-18H2,1H3,(H,32,35). The Kier molecular flexibility index (Phi) is 7.85. The van der Waals surface area contributed by atoms with Gasteiger partial charge >= 0.3 is 6.18 Å². The van der Waals surface area contributed by atoms with Crippen molar-refractivity contribution in [3.8, 4) is 0 Å². The van der Waals surface area contributed by atoms with E-state index in [4.69, 9.17) is 4.42 Å². The maximum Gasteiger partial charge on any atom is 0.416 e. The number of amides is 1. The molecule has 0 saturated carbocycles. The summed E-state index contributed by atoms with van der Waals surface area (Å²) in [5.74, 6) is -0.0595. The van der Waals surface area contributed by atoms with Crippen LogP contribution >= 0.6 is 0 Å². The van der Waals surface area contributed by atoms with Crippen LogP contribution in [-0.2, 0) is 32.4 Å². The molecule has 4 rings (SSSR count). The van der Waals surface area contributed by atoms with Crippen molar-refractivity contribution in [3.63, 3.8) is 0 Å². The Labute approximate surface area is 207 Å². The largest absolute Gasteiger partial charge is 0.447 e. The van der Waals surface area contributed by atoms with E-state index in [1.54, 1.807) is 6.07 Å². The second kappa shape index (κ2) is 11.2. The Morgan fingerprint density at radius 1 is 0.889 bits per heavy atom. The van der Waals surface area contributed by atoms with Crippen LogP contribution in [0.25, 0.3) is 0 Å². The molecule has 0 aliphatic heterocycles. The fourth-order valence-corrected chi connectivity index (χ4v) is 3.77. The third-order valence-electron chi connectivity index (χ3n) is 5.63. The molecule has 0 radical (unpaired) electrons. The molecule has 0 atom stereocenters. The summed E-state index contributed by atoms with van der Waals surface area (Å²) in [5.41, 5.74) is 3.05. The van der Waals surface area contributed by atoms with E-state index in [1.807, 2.05) is 66.4 Å². The summed E-state index contributed by atoms with van der Waals surface area (Å²) in [6.45, 7) is 3.28. The Morgan fingerprint density at radius 3 is 2.31 bits per heavy atom. The van der Waals surface area contributed by atoms with Gasteiger partial charge in [0.15, 0.2) is 5.69 Å². The summed E-state index contributed by atoms with van der Waals surface area (Å²) in [7, 11) is 0. The highest BCUT2D eigenvalue weighted by Gasteiger charge is 2.30. The van der Waals surface area contributed by atoms with E-state index in [0.717, 1.165) is 28.8 Å². The lowest BCUT2D eigenvalue weighted by atomic mass is 10.1. The monoisotopic (exact) mass is 493 g/mol. The zero-order valence-electron chi connectivity index (χ0n) is 19.8. The highest BCUT2D eigenvalue weighted by atomic mass is 19.4. The predicted octanol–water partition coefficient (Wildman–Crippen LogP) is 6.13. The summed E-state index contributed by atoms with van der Waals surface area (Å²) >= 11 is 0. The molecule has 1 aromatic heterocycles. The average molecular weight is 494 g/mol. The molecule has 1 heterocycles. The fraction of sp³-hybridized carbons (Fsp3) is 0.214. The van der Waals surface area contributed by atoms with E-state index in [9.17, 15) is 18.0 Å². The van der Waals surface area contributed by atoms with Gasteiger partial charge in [-0.05, 0) is 29.7 Å². The molecule has 4 aromatic rings. The lowest BCUT2D eigenvalue weighted by molar-refractivity contribution is -0.137. The number of aryl methyl sites for hydroxylation is 1. The Balaban J connectivity index is 1.47. The lowest BCUT2D eigenvalue weighted by Crippen LogP contribution is -2.24. The zero-order chi connectivity index (χ0) is 25.5. The first-order valence-corrected chi connectivity index (χ1v) is 11.5. The molecule has 0 unspecified atom stereocenters. The molecule has 186 valence electrons. The molecule has 0 bridgehead atoms. The summed E-state index contributed by atoms with van der Waals surface area (Å²) in [6, 6.07) is 22.7. The number of rotatable bonds is 9. The van der Waals surface area contributed by atoms with E-state index >= 15 is 0 Å². The number of nitrogens with zero attached hydrogens (tertiary/aromatic N) is 2. The van der Waals surface area contributed by atoms with Crippen molar-refractivity contribution in [3.05, 3.63) is 125 Å². The second-order valence-corrected chi connectivity index (χ2v) is 8.62. The topological polar surface area (TPSA) is 58.4 Å². The van der Waals surface area contributed by atoms with E-state index in [0.29, 0.717) is 24.5 Å². The average Bonchev–Trinajstić information content (AvgIpc) is 3.33. The van der Waals surface area contributed by atoms with Gasteiger partial charge in [0.2, 0.25) is 5.89 Å². The molecule has 0 spiro atoms. The first kappa shape index (κ1) is 25.2. The number of alkyl halides is 3. The highest BCUT2D eigenvalue weighted by molar-refractivity contribution is 5.91. The van der Waals surface area contributed by atoms with Gasteiger partial charge in [0.25, 0.3) is 5.91 Å². The SMILES string of the molecule is Cc1ccc(CN(Cc2cccc(C(F)(F)F)c2)Cc2nc(C(=O)NCc3ccccc3)co2)cc1. The zero-order valence-corrected chi connectivity index (χ0v) is 19.8. The van der Waals surface area contributed by atoms with Gasteiger partial charge in [-0.3, -0.25) is 9.69 Å². The smallest absolute Gasteiger partial charge is 0.416 e. The normalized spacial score (nSPS) is 11.6. The van der Waals surface area contributed by atoms with E-state index in [-0.39, 0.29) is 24.7 Å². The van der Waals surface area contributed by atoms with Crippen molar-refractivity contribution in [2.75, 3.05) is 0 Å². The van der Waals surface area contributed by atoms with Gasteiger partial charge in [-0.2, -0.15) is 13.2 Å². The lowest BCUT2D eigenvalue weighted by Gasteiger charge is -2.21. The van der Waals surface area contributed by atoms with Crippen LogP contribution in [0.1, 0.15) is 44.2 Å². The number of oxazole rings is 1. The van der Waals surface area contributed by atoms with Crippen LogP contribution in [0.3, 0.4) is 0 Å². The Morgan fingerprint density at radius 2 is 1.58 bits per heavy atom. The minimum absolute atomic E-state index is 0.148. The highest BCUT2D eigenvalue weighted by Crippen LogP contribution is 2.30. The number of carbonyl (C=O) groups is 1. The van der Waals surface area contributed by atoms with Crippen LogP contribution in [0.15, 0.2) is 89.5 Å². The summed E-state index contributed by atoms with van der Waals surface area (Å²) < 4.78 is 45.2. The van der Waals surface area contributed by atoms with Crippen molar-refractivity contribution in [2.45, 2.75) is 39.3 Å². The minimum atomic E-state index is -4.41. The van der Waals surface area contributed by atoms with Gasteiger partial charge in [-0.15, -0.1) is 0 Å². The molecule has 1 amide bonds. The minimum Gasteiger partial charge on any atom is -0.447 e. The molecular formula is C28H26F3N3O2. The van der Waals surface area contributed by atoms with E-state index in [2.05, 4.69) is 10.3 Å².